The zero-order chi connectivity index (χ0) is 14.4. The lowest BCUT2D eigenvalue weighted by Gasteiger charge is -2.37. The maximum Gasteiger partial charge on any atom is 0.222 e. The van der Waals surface area contributed by atoms with Gasteiger partial charge in [0.1, 0.15) is 0 Å². The lowest BCUT2D eigenvalue weighted by molar-refractivity contribution is -0.133. The van der Waals surface area contributed by atoms with Crippen LogP contribution >= 0.6 is 0 Å². The molecule has 6 nitrogen and oxygen atoms in total. The van der Waals surface area contributed by atoms with E-state index in [2.05, 4.69) is 23.9 Å². The number of rotatable bonds is 5. The number of hydrogen-bond donors (Lipinski definition) is 2. The van der Waals surface area contributed by atoms with Gasteiger partial charge < -0.3 is 15.8 Å². The minimum absolute atomic E-state index is 0.0853. The summed E-state index contributed by atoms with van der Waals surface area (Å²) in [7, 11) is 0. The van der Waals surface area contributed by atoms with E-state index in [1.165, 1.54) is 0 Å². The summed E-state index contributed by atoms with van der Waals surface area (Å²) >= 11 is 0. The number of hydrogen-bond acceptors (Lipinski definition) is 4. The fraction of sp³-hybridized carbons (Fsp3) is 0.846. The molecule has 1 atom stereocenters. The van der Waals surface area contributed by atoms with E-state index in [-0.39, 0.29) is 17.8 Å². The molecule has 1 fully saturated rings. The van der Waals surface area contributed by atoms with Gasteiger partial charge in [0.2, 0.25) is 5.91 Å². The SMILES string of the molecule is CC(C)CCC(=O)N1CCN(C(C)C(N)=NO)CC1. The Hall–Kier alpha value is -1.30. The molecule has 1 rings (SSSR count). The van der Waals surface area contributed by atoms with Crippen molar-refractivity contribution in [3.8, 4) is 0 Å². The van der Waals surface area contributed by atoms with Gasteiger partial charge in [0.15, 0.2) is 5.84 Å². The predicted molar refractivity (Wildman–Crippen MR) is 75.1 cm³/mol. The predicted octanol–water partition coefficient (Wildman–Crippen LogP) is 0.702. The van der Waals surface area contributed by atoms with Crippen LogP contribution in [-0.2, 0) is 4.79 Å². The minimum Gasteiger partial charge on any atom is -0.409 e. The second-order valence-corrected chi connectivity index (χ2v) is 5.55. The van der Waals surface area contributed by atoms with E-state index in [0.717, 1.165) is 32.6 Å². The van der Waals surface area contributed by atoms with Gasteiger partial charge in [-0.25, -0.2) is 0 Å². The van der Waals surface area contributed by atoms with E-state index >= 15 is 0 Å². The van der Waals surface area contributed by atoms with Crippen molar-refractivity contribution in [1.82, 2.24) is 9.80 Å². The van der Waals surface area contributed by atoms with Crippen LogP contribution in [0.5, 0.6) is 0 Å². The lowest BCUT2D eigenvalue weighted by Crippen LogP contribution is -2.54. The zero-order valence-electron chi connectivity index (χ0n) is 12.2. The van der Waals surface area contributed by atoms with Crippen LogP contribution in [0.4, 0.5) is 0 Å². The highest BCUT2D eigenvalue weighted by Crippen LogP contribution is 2.11. The first-order valence-electron chi connectivity index (χ1n) is 6.95. The van der Waals surface area contributed by atoms with Crippen molar-refractivity contribution in [3.05, 3.63) is 0 Å². The van der Waals surface area contributed by atoms with E-state index in [1.807, 2.05) is 11.8 Å². The van der Waals surface area contributed by atoms with E-state index in [9.17, 15) is 4.79 Å². The molecule has 110 valence electrons. The van der Waals surface area contributed by atoms with E-state index in [1.54, 1.807) is 0 Å². The third kappa shape index (κ3) is 4.70. The molecule has 1 saturated heterocycles. The molecule has 0 aromatic heterocycles. The number of nitrogens with two attached hydrogens (primary N) is 1. The molecule has 1 unspecified atom stereocenters. The Morgan fingerprint density at radius 2 is 1.84 bits per heavy atom. The first kappa shape index (κ1) is 15.8. The van der Waals surface area contributed by atoms with Crippen LogP contribution < -0.4 is 5.73 Å². The molecule has 3 N–H and O–H groups in total. The smallest absolute Gasteiger partial charge is 0.222 e. The minimum atomic E-state index is -0.0853. The van der Waals surface area contributed by atoms with Gasteiger partial charge in [-0.15, -0.1) is 0 Å². The lowest BCUT2D eigenvalue weighted by atomic mass is 10.1. The molecule has 0 bridgehead atoms. The van der Waals surface area contributed by atoms with Gasteiger partial charge in [0.25, 0.3) is 0 Å². The Labute approximate surface area is 115 Å². The number of carbonyl (C=O) groups is 1. The molecule has 1 amide bonds. The van der Waals surface area contributed by atoms with Crippen molar-refractivity contribution in [3.63, 3.8) is 0 Å². The topological polar surface area (TPSA) is 82.2 Å². The fourth-order valence-electron chi connectivity index (χ4n) is 2.20. The molecule has 0 aliphatic carbocycles. The second kappa shape index (κ2) is 7.33. The van der Waals surface area contributed by atoms with Crippen molar-refractivity contribution in [2.75, 3.05) is 26.2 Å². The number of nitrogens with zero attached hydrogens (tertiary/aromatic N) is 3. The highest BCUT2D eigenvalue weighted by molar-refractivity contribution is 5.84. The molecule has 0 saturated carbocycles. The summed E-state index contributed by atoms with van der Waals surface area (Å²) in [5.41, 5.74) is 5.60. The quantitative estimate of drug-likeness (QED) is 0.333. The number of oxime groups is 1. The molecule has 1 aliphatic heterocycles. The Morgan fingerprint density at radius 3 is 2.32 bits per heavy atom. The number of amidine groups is 1. The van der Waals surface area contributed by atoms with E-state index in [4.69, 9.17) is 10.9 Å². The van der Waals surface area contributed by atoms with Crippen molar-refractivity contribution >= 4 is 11.7 Å². The van der Waals surface area contributed by atoms with Crippen LogP contribution in [0.3, 0.4) is 0 Å². The first-order valence-corrected chi connectivity index (χ1v) is 6.95. The summed E-state index contributed by atoms with van der Waals surface area (Å²) in [4.78, 5) is 16.0. The maximum absolute atomic E-state index is 12.0. The van der Waals surface area contributed by atoms with Crippen molar-refractivity contribution in [1.29, 1.82) is 0 Å². The molecular weight excluding hydrogens is 244 g/mol. The van der Waals surface area contributed by atoms with Crippen LogP contribution in [-0.4, -0.2) is 59.0 Å². The molecule has 1 heterocycles. The Morgan fingerprint density at radius 1 is 1.26 bits per heavy atom. The highest BCUT2D eigenvalue weighted by Gasteiger charge is 2.25. The van der Waals surface area contributed by atoms with Gasteiger partial charge in [-0.1, -0.05) is 19.0 Å². The van der Waals surface area contributed by atoms with Gasteiger partial charge in [-0.2, -0.15) is 0 Å². The third-order valence-corrected chi connectivity index (χ3v) is 3.69. The maximum atomic E-state index is 12.0. The summed E-state index contributed by atoms with van der Waals surface area (Å²) in [5.74, 6) is 1.02. The number of carbonyl (C=O) groups excluding carboxylic acids is 1. The Balaban J connectivity index is 2.38. The average molecular weight is 270 g/mol. The Kier molecular flexibility index (Phi) is 6.08. The van der Waals surface area contributed by atoms with Gasteiger partial charge in [0.05, 0.1) is 6.04 Å². The van der Waals surface area contributed by atoms with Gasteiger partial charge in [-0.05, 0) is 19.3 Å². The first-order chi connectivity index (χ1) is 8.95. The molecule has 0 spiro atoms. The summed E-state index contributed by atoms with van der Waals surface area (Å²) in [6.07, 6.45) is 1.58. The summed E-state index contributed by atoms with van der Waals surface area (Å²) in [5, 5.41) is 11.7. The number of amides is 1. The van der Waals surface area contributed by atoms with Crippen molar-refractivity contribution < 1.29 is 10.0 Å². The normalized spacial score (nSPS) is 19.8. The molecule has 6 heteroatoms. The van der Waals surface area contributed by atoms with Crippen LogP contribution in [0, 0.1) is 5.92 Å². The highest BCUT2D eigenvalue weighted by atomic mass is 16.4. The van der Waals surface area contributed by atoms with Crippen LogP contribution in [0.15, 0.2) is 5.16 Å². The van der Waals surface area contributed by atoms with Crippen molar-refractivity contribution in [2.24, 2.45) is 16.8 Å². The zero-order valence-corrected chi connectivity index (χ0v) is 12.2. The standard InChI is InChI=1S/C13H26N4O2/c1-10(2)4-5-12(18)17-8-6-16(7-9-17)11(3)13(14)15-19/h10-11,19H,4-9H2,1-3H3,(H2,14,15). The van der Waals surface area contributed by atoms with Gasteiger partial charge >= 0.3 is 0 Å². The molecule has 0 aromatic carbocycles. The average Bonchev–Trinajstić information content (AvgIpc) is 2.43. The van der Waals surface area contributed by atoms with Gasteiger partial charge in [0, 0.05) is 32.6 Å². The third-order valence-electron chi connectivity index (χ3n) is 3.69. The molecule has 1 aliphatic rings. The summed E-state index contributed by atoms with van der Waals surface area (Å²) in [6, 6.07) is -0.0853. The monoisotopic (exact) mass is 270 g/mol. The largest absolute Gasteiger partial charge is 0.409 e. The van der Waals surface area contributed by atoms with Crippen LogP contribution in [0.25, 0.3) is 0 Å². The fourth-order valence-corrected chi connectivity index (χ4v) is 2.20. The van der Waals surface area contributed by atoms with Crippen molar-refractivity contribution in [2.45, 2.75) is 39.7 Å². The molecule has 19 heavy (non-hydrogen) atoms. The molecular formula is C13H26N4O2. The summed E-state index contributed by atoms with van der Waals surface area (Å²) in [6.45, 7) is 9.15. The summed E-state index contributed by atoms with van der Waals surface area (Å²) < 4.78 is 0. The van der Waals surface area contributed by atoms with E-state index in [0.29, 0.717) is 12.3 Å². The number of piperazine rings is 1. The van der Waals surface area contributed by atoms with E-state index < -0.39 is 0 Å². The van der Waals surface area contributed by atoms with Crippen LogP contribution in [0.2, 0.25) is 0 Å². The Bertz CT molecular complexity index is 323. The molecule has 0 aromatic rings. The van der Waals surface area contributed by atoms with Crippen LogP contribution in [0.1, 0.15) is 33.6 Å². The van der Waals surface area contributed by atoms with Gasteiger partial charge in [-0.3, -0.25) is 9.69 Å². The second-order valence-electron chi connectivity index (χ2n) is 5.55. The molecule has 0 radical (unpaired) electrons.